The summed E-state index contributed by atoms with van der Waals surface area (Å²) in [6.45, 7) is 8.84. The first kappa shape index (κ1) is 17.5. The summed E-state index contributed by atoms with van der Waals surface area (Å²) in [6, 6.07) is 6.17. The highest BCUT2D eigenvalue weighted by Gasteiger charge is 2.52. The van der Waals surface area contributed by atoms with Crippen LogP contribution in [-0.2, 0) is 11.3 Å². The van der Waals surface area contributed by atoms with Crippen LogP contribution in [0.3, 0.4) is 0 Å². The predicted molar refractivity (Wildman–Crippen MR) is 99.0 cm³/mol. The third kappa shape index (κ3) is 3.62. The SMILES string of the molecule is CC(C)n1cc(CN2CC3(C2)OCC[C@@H]3CCOc2ccccn2)cn1. The van der Waals surface area contributed by atoms with Crippen LogP contribution in [-0.4, -0.2) is 51.6 Å². The van der Waals surface area contributed by atoms with Gasteiger partial charge in [0.2, 0.25) is 5.88 Å². The largest absolute Gasteiger partial charge is 0.478 e. The Morgan fingerprint density at radius 1 is 1.35 bits per heavy atom. The van der Waals surface area contributed by atoms with Gasteiger partial charge in [-0.2, -0.15) is 5.10 Å². The second kappa shape index (κ2) is 7.37. The number of pyridine rings is 1. The van der Waals surface area contributed by atoms with Gasteiger partial charge in [-0.05, 0) is 38.7 Å². The van der Waals surface area contributed by atoms with Crippen LogP contribution in [0.1, 0.15) is 38.3 Å². The van der Waals surface area contributed by atoms with E-state index < -0.39 is 0 Å². The van der Waals surface area contributed by atoms with Crippen molar-refractivity contribution in [3.8, 4) is 5.88 Å². The number of rotatable bonds is 7. The van der Waals surface area contributed by atoms with Gasteiger partial charge in [0.05, 0.1) is 18.4 Å². The number of hydrogen-bond donors (Lipinski definition) is 0. The molecule has 4 rings (SSSR count). The van der Waals surface area contributed by atoms with Crippen LogP contribution in [0.5, 0.6) is 5.88 Å². The summed E-state index contributed by atoms with van der Waals surface area (Å²) in [4.78, 5) is 6.67. The molecular formula is C20H28N4O2. The molecule has 6 heteroatoms. The second-order valence-corrected chi connectivity index (χ2v) is 7.77. The Morgan fingerprint density at radius 2 is 2.23 bits per heavy atom. The van der Waals surface area contributed by atoms with Crippen molar-refractivity contribution >= 4 is 0 Å². The minimum atomic E-state index is 0.0293. The van der Waals surface area contributed by atoms with Crippen LogP contribution in [0, 0.1) is 5.92 Å². The lowest BCUT2D eigenvalue weighted by atomic mass is 9.79. The molecule has 0 bridgehead atoms. The fourth-order valence-electron chi connectivity index (χ4n) is 4.10. The summed E-state index contributed by atoms with van der Waals surface area (Å²) in [5.41, 5.74) is 1.31. The molecule has 2 saturated heterocycles. The number of likely N-dealkylation sites (tertiary alicyclic amines) is 1. The maximum atomic E-state index is 6.17. The summed E-state index contributed by atoms with van der Waals surface area (Å²) in [5, 5.41) is 4.44. The van der Waals surface area contributed by atoms with Crippen molar-refractivity contribution in [2.75, 3.05) is 26.3 Å². The monoisotopic (exact) mass is 356 g/mol. The highest BCUT2D eigenvalue weighted by molar-refractivity contribution is 5.11. The molecule has 140 valence electrons. The minimum Gasteiger partial charge on any atom is -0.478 e. The molecule has 1 spiro atoms. The molecule has 6 nitrogen and oxygen atoms in total. The number of nitrogens with zero attached hydrogens (tertiary/aromatic N) is 4. The van der Waals surface area contributed by atoms with Gasteiger partial charge in [-0.15, -0.1) is 0 Å². The van der Waals surface area contributed by atoms with E-state index in [1.807, 2.05) is 29.1 Å². The average Bonchev–Trinajstić information content (AvgIpc) is 3.23. The number of aromatic nitrogens is 3. The quantitative estimate of drug-likeness (QED) is 0.763. The molecule has 2 fully saturated rings. The van der Waals surface area contributed by atoms with E-state index in [9.17, 15) is 0 Å². The van der Waals surface area contributed by atoms with Crippen molar-refractivity contribution in [1.29, 1.82) is 0 Å². The molecule has 1 atom stereocenters. The van der Waals surface area contributed by atoms with Crippen molar-refractivity contribution in [2.24, 2.45) is 5.92 Å². The zero-order valence-corrected chi connectivity index (χ0v) is 15.7. The van der Waals surface area contributed by atoms with Crippen LogP contribution in [0.2, 0.25) is 0 Å². The highest BCUT2D eigenvalue weighted by atomic mass is 16.5. The molecule has 0 unspecified atom stereocenters. The predicted octanol–water partition coefficient (Wildman–Crippen LogP) is 2.92. The zero-order valence-electron chi connectivity index (χ0n) is 15.7. The fraction of sp³-hybridized carbons (Fsp3) is 0.600. The average molecular weight is 356 g/mol. The Hall–Kier alpha value is -1.92. The Kier molecular flexibility index (Phi) is 4.96. The maximum Gasteiger partial charge on any atom is 0.213 e. The van der Waals surface area contributed by atoms with Crippen LogP contribution < -0.4 is 4.74 Å². The molecular weight excluding hydrogens is 328 g/mol. The second-order valence-electron chi connectivity index (χ2n) is 7.77. The van der Waals surface area contributed by atoms with E-state index in [1.165, 1.54) is 5.56 Å². The van der Waals surface area contributed by atoms with Gasteiger partial charge in [-0.1, -0.05) is 6.07 Å². The van der Waals surface area contributed by atoms with Crippen molar-refractivity contribution in [3.05, 3.63) is 42.4 Å². The van der Waals surface area contributed by atoms with Gasteiger partial charge in [-0.25, -0.2) is 4.98 Å². The van der Waals surface area contributed by atoms with Crippen molar-refractivity contribution < 1.29 is 9.47 Å². The highest BCUT2D eigenvalue weighted by Crippen LogP contribution is 2.42. The Labute approximate surface area is 155 Å². The fourth-order valence-corrected chi connectivity index (χ4v) is 4.10. The molecule has 0 aliphatic carbocycles. The molecule has 0 N–H and O–H groups in total. The lowest BCUT2D eigenvalue weighted by Crippen LogP contribution is -2.64. The smallest absolute Gasteiger partial charge is 0.213 e. The van der Waals surface area contributed by atoms with E-state index in [4.69, 9.17) is 9.47 Å². The number of ether oxygens (including phenoxy) is 2. The third-order valence-electron chi connectivity index (χ3n) is 5.53. The summed E-state index contributed by atoms with van der Waals surface area (Å²) in [6.07, 6.45) is 8.06. The molecule has 4 heterocycles. The van der Waals surface area contributed by atoms with E-state index in [-0.39, 0.29) is 5.60 Å². The first-order valence-corrected chi connectivity index (χ1v) is 9.58. The van der Waals surface area contributed by atoms with Gasteiger partial charge >= 0.3 is 0 Å². The molecule has 26 heavy (non-hydrogen) atoms. The van der Waals surface area contributed by atoms with Crippen molar-refractivity contribution in [2.45, 2.75) is 44.9 Å². The summed E-state index contributed by atoms with van der Waals surface area (Å²) in [5.74, 6) is 1.28. The summed E-state index contributed by atoms with van der Waals surface area (Å²) >= 11 is 0. The normalized spacial score (nSPS) is 22.0. The van der Waals surface area contributed by atoms with Crippen molar-refractivity contribution in [3.63, 3.8) is 0 Å². The Morgan fingerprint density at radius 3 is 2.96 bits per heavy atom. The molecule has 0 amide bonds. The molecule has 2 aromatic rings. The summed E-state index contributed by atoms with van der Waals surface area (Å²) in [7, 11) is 0. The van der Waals surface area contributed by atoms with Gasteiger partial charge in [0.25, 0.3) is 0 Å². The van der Waals surface area contributed by atoms with E-state index in [0.29, 0.717) is 24.4 Å². The first-order valence-electron chi connectivity index (χ1n) is 9.58. The van der Waals surface area contributed by atoms with Crippen LogP contribution in [0.15, 0.2) is 36.8 Å². The van der Waals surface area contributed by atoms with Crippen LogP contribution >= 0.6 is 0 Å². The van der Waals surface area contributed by atoms with Gasteiger partial charge in [0, 0.05) is 56.3 Å². The molecule has 0 aromatic carbocycles. The van der Waals surface area contributed by atoms with Crippen LogP contribution in [0.4, 0.5) is 0 Å². The van der Waals surface area contributed by atoms with Gasteiger partial charge in [0.15, 0.2) is 0 Å². The molecule has 0 radical (unpaired) electrons. The van der Waals surface area contributed by atoms with E-state index >= 15 is 0 Å². The number of hydrogen-bond acceptors (Lipinski definition) is 5. The van der Waals surface area contributed by atoms with Crippen molar-refractivity contribution in [1.82, 2.24) is 19.7 Å². The third-order valence-corrected chi connectivity index (χ3v) is 5.53. The standard InChI is InChI=1S/C20H28N4O2/c1-16(2)24-13-17(11-22-24)12-23-14-20(15-23)18(7-10-26-20)6-9-25-19-5-3-4-8-21-19/h3-5,8,11,13,16,18H,6-7,9-10,12,14-15H2,1-2H3/t18-/m0/s1. The van der Waals surface area contributed by atoms with Crippen LogP contribution in [0.25, 0.3) is 0 Å². The maximum absolute atomic E-state index is 6.17. The molecule has 0 saturated carbocycles. The lowest BCUT2D eigenvalue weighted by Gasteiger charge is -2.50. The molecule has 2 aromatic heterocycles. The van der Waals surface area contributed by atoms with Gasteiger partial charge < -0.3 is 9.47 Å². The molecule has 2 aliphatic heterocycles. The Balaban J connectivity index is 1.26. The van der Waals surface area contributed by atoms with Gasteiger partial charge in [0.1, 0.15) is 0 Å². The van der Waals surface area contributed by atoms with E-state index in [1.54, 1.807) is 6.20 Å². The topological polar surface area (TPSA) is 52.4 Å². The van der Waals surface area contributed by atoms with E-state index in [0.717, 1.165) is 39.1 Å². The summed E-state index contributed by atoms with van der Waals surface area (Å²) < 4.78 is 14.0. The zero-order chi connectivity index (χ0) is 18.0. The molecule has 2 aliphatic rings. The minimum absolute atomic E-state index is 0.0293. The lowest BCUT2D eigenvalue weighted by molar-refractivity contribution is -0.138. The van der Waals surface area contributed by atoms with E-state index in [2.05, 4.69) is 35.0 Å². The Bertz CT molecular complexity index is 710. The first-order chi connectivity index (χ1) is 12.6. The van der Waals surface area contributed by atoms with Gasteiger partial charge in [-0.3, -0.25) is 9.58 Å².